The van der Waals surface area contributed by atoms with Crippen molar-refractivity contribution in [1.82, 2.24) is 4.90 Å². The molecule has 1 aromatic rings. The first-order chi connectivity index (χ1) is 9.06. The number of nitrogens with zero attached hydrogens (tertiary/aromatic N) is 1. The molecule has 2 rings (SSSR count). The van der Waals surface area contributed by atoms with E-state index in [9.17, 15) is 9.59 Å². The molecule has 1 aromatic carbocycles. The van der Waals surface area contributed by atoms with Crippen LogP contribution in [-0.4, -0.2) is 36.4 Å². The molecule has 5 nitrogen and oxygen atoms in total. The number of nitrogens with one attached hydrogen (secondary N) is 1. The van der Waals surface area contributed by atoms with Crippen molar-refractivity contribution in [3.8, 4) is 5.75 Å². The van der Waals surface area contributed by atoms with Crippen molar-refractivity contribution in [2.45, 2.75) is 19.4 Å². The summed E-state index contributed by atoms with van der Waals surface area (Å²) in [6.07, 6.45) is 0.199. The van der Waals surface area contributed by atoms with Gasteiger partial charge in [0.05, 0.1) is 18.0 Å². The fourth-order valence-corrected chi connectivity index (χ4v) is 2.49. The molecule has 6 heteroatoms. The smallest absolute Gasteiger partial charge is 0.252 e. The molecule has 0 radical (unpaired) electrons. The Morgan fingerprint density at radius 1 is 1.47 bits per heavy atom. The molecule has 1 aliphatic heterocycles. The van der Waals surface area contributed by atoms with E-state index in [-0.39, 0.29) is 18.2 Å². The molecule has 0 bridgehead atoms. The highest BCUT2D eigenvalue weighted by molar-refractivity contribution is 9.10. The summed E-state index contributed by atoms with van der Waals surface area (Å²) in [6.45, 7) is 2.21. The van der Waals surface area contributed by atoms with Gasteiger partial charge in [0.1, 0.15) is 11.8 Å². The van der Waals surface area contributed by atoms with Crippen molar-refractivity contribution >= 4 is 33.4 Å². The Morgan fingerprint density at radius 2 is 2.21 bits per heavy atom. The molecule has 0 spiro atoms. The average Bonchev–Trinajstić information content (AvgIpc) is 2.66. The van der Waals surface area contributed by atoms with E-state index in [2.05, 4.69) is 21.2 Å². The molecule has 1 atom stereocenters. The molecule has 0 saturated carbocycles. The minimum absolute atomic E-state index is 0.130. The summed E-state index contributed by atoms with van der Waals surface area (Å²) >= 11 is 3.36. The fourth-order valence-electron chi connectivity index (χ4n) is 2.08. The maximum atomic E-state index is 12.0. The van der Waals surface area contributed by atoms with Gasteiger partial charge in [0.25, 0.3) is 5.91 Å². The van der Waals surface area contributed by atoms with Gasteiger partial charge in [-0.25, -0.2) is 0 Å². The van der Waals surface area contributed by atoms with Crippen molar-refractivity contribution in [3.63, 3.8) is 0 Å². The van der Waals surface area contributed by atoms with Gasteiger partial charge in [-0.1, -0.05) is 0 Å². The van der Waals surface area contributed by atoms with Gasteiger partial charge < -0.3 is 10.1 Å². The van der Waals surface area contributed by atoms with E-state index in [1.54, 1.807) is 20.1 Å². The van der Waals surface area contributed by atoms with Gasteiger partial charge in [0.2, 0.25) is 5.91 Å². The van der Waals surface area contributed by atoms with Crippen LogP contribution in [0.5, 0.6) is 5.75 Å². The third-order valence-electron chi connectivity index (χ3n) is 3.05. The van der Waals surface area contributed by atoms with Crippen LogP contribution >= 0.6 is 15.9 Å². The minimum atomic E-state index is -0.488. The zero-order valence-electron chi connectivity index (χ0n) is 10.8. The summed E-state index contributed by atoms with van der Waals surface area (Å²) in [4.78, 5) is 24.9. The number of likely N-dealkylation sites (tertiary alicyclic amines) is 1. The molecule has 2 amide bonds. The van der Waals surface area contributed by atoms with E-state index in [4.69, 9.17) is 4.74 Å². The predicted molar refractivity (Wildman–Crippen MR) is 75.1 cm³/mol. The molecule has 102 valence electrons. The zero-order valence-corrected chi connectivity index (χ0v) is 12.4. The van der Waals surface area contributed by atoms with Crippen LogP contribution in [0.3, 0.4) is 0 Å². The van der Waals surface area contributed by atoms with Gasteiger partial charge in [-0.2, -0.15) is 0 Å². The number of halogens is 1. The molecule has 1 aliphatic rings. The van der Waals surface area contributed by atoms with Crippen LogP contribution in [0.1, 0.15) is 13.3 Å². The largest absolute Gasteiger partial charge is 0.495 e. The molecular weight excluding hydrogens is 312 g/mol. The summed E-state index contributed by atoms with van der Waals surface area (Å²) < 4.78 is 6.03. The number of imide groups is 1. The Kier molecular flexibility index (Phi) is 4.09. The molecule has 1 saturated heterocycles. The SMILES string of the molecule is CCN1C(=O)CC(Nc2ccc(Br)c(OC)c2)C1=O. The van der Waals surface area contributed by atoms with Crippen molar-refractivity contribution in [3.05, 3.63) is 22.7 Å². The van der Waals surface area contributed by atoms with Gasteiger partial charge in [0.15, 0.2) is 0 Å². The first-order valence-corrected chi connectivity index (χ1v) is 6.80. The number of methoxy groups -OCH3 is 1. The maximum absolute atomic E-state index is 12.0. The fraction of sp³-hybridized carbons (Fsp3) is 0.385. The van der Waals surface area contributed by atoms with E-state index in [0.29, 0.717) is 12.3 Å². The first kappa shape index (κ1) is 13.9. The van der Waals surface area contributed by atoms with Crippen LogP contribution in [-0.2, 0) is 9.59 Å². The van der Waals surface area contributed by atoms with Crippen molar-refractivity contribution in [2.24, 2.45) is 0 Å². The lowest BCUT2D eigenvalue weighted by molar-refractivity contribution is -0.138. The predicted octanol–water partition coefficient (Wildman–Crippen LogP) is 2.02. The van der Waals surface area contributed by atoms with E-state index in [0.717, 1.165) is 10.2 Å². The van der Waals surface area contributed by atoms with Crippen LogP contribution in [0.15, 0.2) is 22.7 Å². The Bertz CT molecular complexity index is 519. The molecule has 19 heavy (non-hydrogen) atoms. The highest BCUT2D eigenvalue weighted by Crippen LogP contribution is 2.29. The average molecular weight is 327 g/mol. The molecule has 1 N–H and O–H groups in total. The Balaban J connectivity index is 2.14. The van der Waals surface area contributed by atoms with Gasteiger partial charge in [-0.15, -0.1) is 0 Å². The van der Waals surface area contributed by atoms with Crippen LogP contribution in [0, 0.1) is 0 Å². The van der Waals surface area contributed by atoms with Gasteiger partial charge in [-0.3, -0.25) is 14.5 Å². The van der Waals surface area contributed by atoms with E-state index in [1.807, 2.05) is 12.1 Å². The zero-order chi connectivity index (χ0) is 14.0. The summed E-state index contributed by atoms with van der Waals surface area (Å²) in [7, 11) is 1.58. The first-order valence-electron chi connectivity index (χ1n) is 6.01. The third-order valence-corrected chi connectivity index (χ3v) is 3.71. The molecule has 1 heterocycles. The summed E-state index contributed by atoms with van der Waals surface area (Å²) in [5, 5.41) is 3.07. The molecular formula is C13H15BrN2O3. The van der Waals surface area contributed by atoms with Crippen molar-refractivity contribution in [1.29, 1.82) is 0 Å². The van der Waals surface area contributed by atoms with E-state index in [1.165, 1.54) is 4.90 Å². The number of benzene rings is 1. The van der Waals surface area contributed by atoms with Crippen molar-refractivity contribution in [2.75, 3.05) is 19.0 Å². The van der Waals surface area contributed by atoms with Gasteiger partial charge in [0, 0.05) is 18.3 Å². The lowest BCUT2D eigenvalue weighted by Gasteiger charge is -2.15. The molecule has 1 unspecified atom stereocenters. The van der Waals surface area contributed by atoms with Crippen LogP contribution in [0.4, 0.5) is 5.69 Å². The Morgan fingerprint density at radius 3 is 2.79 bits per heavy atom. The lowest BCUT2D eigenvalue weighted by atomic mass is 10.2. The standard InChI is InChI=1S/C13H15BrN2O3/c1-3-16-12(17)7-10(13(16)18)15-8-4-5-9(14)11(6-8)19-2/h4-6,10,15H,3,7H2,1-2H3. The number of anilines is 1. The maximum Gasteiger partial charge on any atom is 0.252 e. The molecule has 0 aromatic heterocycles. The Hall–Kier alpha value is -1.56. The quantitative estimate of drug-likeness (QED) is 0.860. The summed E-state index contributed by atoms with van der Waals surface area (Å²) in [5.74, 6) is 0.373. The normalized spacial score (nSPS) is 18.9. The van der Waals surface area contributed by atoms with E-state index < -0.39 is 6.04 Å². The number of hydrogen-bond donors (Lipinski definition) is 1. The van der Waals surface area contributed by atoms with Crippen molar-refractivity contribution < 1.29 is 14.3 Å². The second-order valence-corrected chi connectivity index (χ2v) is 5.08. The second-order valence-electron chi connectivity index (χ2n) is 4.23. The topological polar surface area (TPSA) is 58.6 Å². The molecule has 0 aliphatic carbocycles. The number of hydrogen-bond acceptors (Lipinski definition) is 4. The highest BCUT2D eigenvalue weighted by Gasteiger charge is 2.37. The van der Waals surface area contributed by atoms with E-state index >= 15 is 0 Å². The van der Waals surface area contributed by atoms with Crippen LogP contribution in [0.25, 0.3) is 0 Å². The number of rotatable bonds is 4. The van der Waals surface area contributed by atoms with Crippen LogP contribution < -0.4 is 10.1 Å². The summed E-state index contributed by atoms with van der Waals surface area (Å²) in [5.41, 5.74) is 0.754. The Labute approximate surface area is 120 Å². The number of amides is 2. The van der Waals surface area contributed by atoms with Gasteiger partial charge in [-0.05, 0) is 35.0 Å². The number of likely N-dealkylation sites (N-methyl/N-ethyl adjacent to an activating group) is 1. The number of carbonyl (C=O) groups is 2. The summed E-state index contributed by atoms with van der Waals surface area (Å²) in [6, 6.07) is 4.97. The highest BCUT2D eigenvalue weighted by atomic mass is 79.9. The molecule has 1 fully saturated rings. The lowest BCUT2D eigenvalue weighted by Crippen LogP contribution is -2.34. The van der Waals surface area contributed by atoms with Crippen LogP contribution in [0.2, 0.25) is 0 Å². The number of carbonyl (C=O) groups excluding carboxylic acids is 2. The number of ether oxygens (including phenoxy) is 1. The minimum Gasteiger partial charge on any atom is -0.495 e. The monoisotopic (exact) mass is 326 g/mol. The second kappa shape index (κ2) is 5.61. The third kappa shape index (κ3) is 2.73. The van der Waals surface area contributed by atoms with Gasteiger partial charge >= 0.3 is 0 Å².